The van der Waals surface area contributed by atoms with Gasteiger partial charge < -0.3 is 39.7 Å². The second kappa shape index (κ2) is 10.7. The smallest absolute Gasteiger partial charge is 0.379 e. The molecule has 0 aromatic heterocycles. The van der Waals surface area contributed by atoms with Crippen LogP contribution in [0.25, 0.3) is 12.2 Å². The van der Waals surface area contributed by atoms with Crippen LogP contribution in [0.15, 0.2) is 66.4 Å². The van der Waals surface area contributed by atoms with Gasteiger partial charge in [-0.05, 0) is 65.2 Å². The van der Waals surface area contributed by atoms with Crippen molar-refractivity contribution in [3.8, 4) is 34.5 Å². The number of carbonyl (C=O) groups excluding carboxylic acids is 2. The van der Waals surface area contributed by atoms with E-state index in [1.54, 1.807) is 0 Å². The van der Waals surface area contributed by atoms with E-state index in [9.17, 15) is 39.9 Å². The summed E-state index contributed by atoms with van der Waals surface area (Å²) < 4.78 is 15.9. The molecule has 11 heteroatoms. The van der Waals surface area contributed by atoms with Gasteiger partial charge in [-0.25, -0.2) is 14.4 Å². The molecule has 0 saturated carbocycles. The van der Waals surface area contributed by atoms with Crippen LogP contribution in [0.5, 0.6) is 34.5 Å². The molecule has 4 rings (SSSR count). The van der Waals surface area contributed by atoms with E-state index in [1.165, 1.54) is 66.7 Å². The van der Waals surface area contributed by atoms with Crippen molar-refractivity contribution in [1.82, 2.24) is 0 Å². The van der Waals surface area contributed by atoms with Gasteiger partial charge in [0.05, 0.1) is 0 Å². The largest absolute Gasteiger partial charge is 0.504 e. The number of hydrogen-bond donors (Lipinski definition) is 5. The third-order valence-electron chi connectivity index (χ3n) is 5.30. The third-order valence-corrected chi connectivity index (χ3v) is 5.30. The predicted octanol–water partition coefficient (Wildman–Crippen LogP) is 3.10. The van der Waals surface area contributed by atoms with Crippen LogP contribution in [0.3, 0.4) is 0 Å². The van der Waals surface area contributed by atoms with Crippen LogP contribution in [-0.4, -0.2) is 49.5 Å². The first kappa shape index (κ1) is 25.6. The van der Waals surface area contributed by atoms with Crippen LogP contribution in [0.4, 0.5) is 0 Å². The number of rotatable bonds is 7. The van der Waals surface area contributed by atoms with Crippen molar-refractivity contribution in [1.29, 1.82) is 0 Å². The molecule has 0 unspecified atom stereocenters. The summed E-state index contributed by atoms with van der Waals surface area (Å²) in [4.78, 5) is 36.1. The van der Waals surface area contributed by atoms with E-state index in [4.69, 9.17) is 14.2 Å². The van der Waals surface area contributed by atoms with Crippen molar-refractivity contribution >= 4 is 30.1 Å². The molecule has 0 radical (unpaired) electrons. The lowest BCUT2D eigenvalue weighted by Crippen LogP contribution is -2.28. The van der Waals surface area contributed by atoms with Gasteiger partial charge >= 0.3 is 17.9 Å². The van der Waals surface area contributed by atoms with E-state index < -0.39 is 29.8 Å². The summed E-state index contributed by atoms with van der Waals surface area (Å²) in [5, 5.41) is 47.4. The van der Waals surface area contributed by atoms with Gasteiger partial charge in [-0.2, -0.15) is 0 Å². The van der Waals surface area contributed by atoms with Crippen molar-refractivity contribution in [2.45, 2.75) is 12.5 Å². The number of carbonyl (C=O) groups is 3. The van der Waals surface area contributed by atoms with Gasteiger partial charge in [-0.15, -0.1) is 0 Å². The molecule has 194 valence electrons. The zero-order valence-electron chi connectivity index (χ0n) is 19.4. The normalized spacial score (nSPS) is 14.4. The van der Waals surface area contributed by atoms with Crippen molar-refractivity contribution in [3.63, 3.8) is 0 Å². The Morgan fingerprint density at radius 2 is 1.50 bits per heavy atom. The minimum atomic E-state index is -1.55. The fraction of sp³-hybridized carbons (Fsp3) is 0.0741. The Hall–Kier alpha value is -5.45. The van der Waals surface area contributed by atoms with Gasteiger partial charge in [-0.3, -0.25) is 0 Å². The highest BCUT2D eigenvalue weighted by molar-refractivity contribution is 5.95. The van der Waals surface area contributed by atoms with Gasteiger partial charge in [0.15, 0.2) is 34.5 Å². The average molecular weight is 520 g/mol. The molecule has 1 aliphatic heterocycles. The number of ether oxygens (including phenoxy) is 3. The fourth-order valence-electron chi connectivity index (χ4n) is 3.41. The quantitative estimate of drug-likeness (QED) is 0.134. The minimum absolute atomic E-state index is 0.128. The molecule has 1 atom stereocenters. The summed E-state index contributed by atoms with van der Waals surface area (Å²) >= 11 is 0. The molecule has 5 N–H and O–H groups in total. The SMILES string of the molecule is O=C(/C=C/c1ccc2c(c1)O/C(=C\c1ccc(O)c(O)c1)C(=O)O2)O[C@H](Cc1ccc(O)c(O)c1)C(=O)O. The molecule has 0 amide bonds. The number of hydrogen-bond acceptors (Lipinski definition) is 10. The number of benzene rings is 3. The van der Waals surface area contributed by atoms with Gasteiger partial charge in [0.1, 0.15) is 0 Å². The van der Waals surface area contributed by atoms with Crippen LogP contribution in [0.2, 0.25) is 0 Å². The first-order valence-corrected chi connectivity index (χ1v) is 11.0. The summed E-state index contributed by atoms with van der Waals surface area (Å²) in [6.45, 7) is 0. The molecule has 0 spiro atoms. The number of aromatic hydroxyl groups is 4. The fourth-order valence-corrected chi connectivity index (χ4v) is 3.41. The van der Waals surface area contributed by atoms with Crippen molar-refractivity contribution in [3.05, 3.63) is 83.1 Å². The maximum absolute atomic E-state index is 12.3. The zero-order chi connectivity index (χ0) is 27.4. The van der Waals surface area contributed by atoms with Gasteiger partial charge in [-0.1, -0.05) is 18.2 Å². The van der Waals surface area contributed by atoms with Crippen molar-refractivity contribution < 1.29 is 54.1 Å². The highest BCUT2D eigenvalue weighted by Gasteiger charge is 2.25. The Balaban J connectivity index is 1.45. The summed E-state index contributed by atoms with van der Waals surface area (Å²) in [5.74, 6) is -4.53. The molecule has 38 heavy (non-hydrogen) atoms. The number of phenols is 4. The summed E-state index contributed by atoms with van der Waals surface area (Å²) in [6, 6.07) is 12.1. The number of carboxylic acid groups (broad SMARTS) is 1. The number of phenolic OH excluding ortho intramolecular Hbond substituents is 4. The van der Waals surface area contributed by atoms with E-state index in [1.807, 2.05) is 0 Å². The minimum Gasteiger partial charge on any atom is -0.504 e. The highest BCUT2D eigenvalue weighted by Crippen LogP contribution is 2.35. The van der Waals surface area contributed by atoms with Crippen LogP contribution < -0.4 is 9.47 Å². The second-order valence-corrected chi connectivity index (χ2v) is 8.08. The predicted molar refractivity (Wildman–Crippen MR) is 130 cm³/mol. The van der Waals surface area contributed by atoms with Crippen LogP contribution in [0, 0.1) is 0 Å². The molecule has 0 saturated heterocycles. The number of carboxylic acids is 1. The van der Waals surface area contributed by atoms with E-state index in [2.05, 4.69) is 0 Å². The second-order valence-electron chi connectivity index (χ2n) is 8.08. The molecule has 11 nitrogen and oxygen atoms in total. The third kappa shape index (κ3) is 6.02. The molecule has 3 aromatic rings. The topological polar surface area (TPSA) is 180 Å². The van der Waals surface area contributed by atoms with Gasteiger partial charge in [0.2, 0.25) is 11.9 Å². The van der Waals surface area contributed by atoms with E-state index in [0.29, 0.717) is 16.7 Å². The number of fused-ring (bicyclic) bond motifs is 1. The lowest BCUT2D eigenvalue weighted by atomic mass is 10.1. The molecular formula is C27H20O11. The monoisotopic (exact) mass is 520 g/mol. The zero-order valence-corrected chi connectivity index (χ0v) is 19.4. The first-order chi connectivity index (χ1) is 18.1. The lowest BCUT2D eigenvalue weighted by Gasteiger charge is -2.19. The Kier molecular flexibility index (Phi) is 7.19. The van der Waals surface area contributed by atoms with Crippen LogP contribution >= 0.6 is 0 Å². The van der Waals surface area contributed by atoms with Crippen LogP contribution in [0.1, 0.15) is 16.7 Å². The maximum Gasteiger partial charge on any atom is 0.379 e. The average Bonchev–Trinajstić information content (AvgIpc) is 2.87. The van der Waals surface area contributed by atoms with Crippen molar-refractivity contribution in [2.75, 3.05) is 0 Å². The molecule has 1 heterocycles. The van der Waals surface area contributed by atoms with Crippen molar-refractivity contribution in [2.24, 2.45) is 0 Å². The number of aliphatic carboxylic acids is 1. The molecule has 0 aliphatic carbocycles. The molecule has 0 fully saturated rings. The Morgan fingerprint density at radius 3 is 2.18 bits per heavy atom. The molecular weight excluding hydrogens is 500 g/mol. The Labute approximate surface area is 214 Å². The Bertz CT molecular complexity index is 1490. The van der Waals surface area contributed by atoms with Gasteiger partial charge in [0.25, 0.3) is 0 Å². The standard InChI is InChI=1S/C27H20O11/c28-17-5-1-15(9-19(17)30)12-23(26(33)34)37-25(32)8-4-14-3-7-21-22(11-14)36-24(27(35)38-21)13-16-2-6-18(29)20(31)10-16/h1-11,13,23,28-31H,12H2,(H,33,34)/b8-4+,24-13-/t23-/m1/s1. The Morgan fingerprint density at radius 1 is 0.816 bits per heavy atom. The molecule has 3 aromatic carbocycles. The highest BCUT2D eigenvalue weighted by atomic mass is 16.6. The van der Waals surface area contributed by atoms with E-state index >= 15 is 0 Å². The van der Waals surface area contributed by atoms with Crippen LogP contribution in [-0.2, 0) is 25.5 Å². The number of esters is 2. The summed E-state index contributed by atoms with van der Waals surface area (Å²) in [5.41, 5.74) is 1.14. The van der Waals surface area contributed by atoms with E-state index in [-0.39, 0.29) is 40.9 Å². The lowest BCUT2D eigenvalue weighted by molar-refractivity contribution is -0.160. The molecule has 1 aliphatic rings. The molecule has 0 bridgehead atoms. The van der Waals surface area contributed by atoms with Gasteiger partial charge in [0, 0.05) is 12.5 Å². The maximum atomic E-state index is 12.3. The summed E-state index contributed by atoms with van der Waals surface area (Å²) in [7, 11) is 0. The first-order valence-electron chi connectivity index (χ1n) is 11.0. The van der Waals surface area contributed by atoms with E-state index in [0.717, 1.165) is 6.08 Å². The summed E-state index contributed by atoms with van der Waals surface area (Å²) in [6.07, 6.45) is 1.87.